The summed E-state index contributed by atoms with van der Waals surface area (Å²) >= 11 is 0. The Kier molecular flexibility index (Phi) is 29.6. The van der Waals surface area contributed by atoms with Gasteiger partial charge < -0.3 is 63.6 Å². The van der Waals surface area contributed by atoms with E-state index in [0.29, 0.717) is 63.4 Å². The van der Waals surface area contributed by atoms with Gasteiger partial charge in [0.05, 0.1) is 36.8 Å². The number of carbonyl (C=O) groups is 8. The molecular formula is C51H70N6NaO21PS. The first-order valence-corrected chi connectivity index (χ1v) is 28.4. The van der Waals surface area contributed by atoms with Gasteiger partial charge in [0, 0.05) is 97.0 Å². The fraction of sp³-hybridized carbons (Fsp3) is 0.490. The van der Waals surface area contributed by atoms with Crippen LogP contribution in [0.3, 0.4) is 0 Å². The molecule has 7 N–H and O–H groups in total. The normalized spacial score (nSPS) is 13.0. The van der Waals surface area contributed by atoms with Crippen LogP contribution in [0, 0.1) is 13.8 Å². The van der Waals surface area contributed by atoms with Crippen LogP contribution in [-0.4, -0.2) is 138 Å². The fourth-order valence-electron chi connectivity index (χ4n) is 7.63. The third-order valence-corrected chi connectivity index (χ3v) is 14.1. The second-order valence-electron chi connectivity index (χ2n) is 18.3. The van der Waals surface area contributed by atoms with E-state index in [1.807, 2.05) is 6.07 Å². The Labute approximate surface area is 489 Å². The van der Waals surface area contributed by atoms with Gasteiger partial charge in [-0.2, -0.15) is 4.21 Å². The minimum Gasteiger partial charge on any atom is -0.756 e. The van der Waals surface area contributed by atoms with E-state index in [0.717, 1.165) is 25.2 Å². The van der Waals surface area contributed by atoms with Crippen molar-refractivity contribution in [1.29, 1.82) is 0 Å². The van der Waals surface area contributed by atoms with Gasteiger partial charge in [0.2, 0.25) is 27.2 Å². The number of benzene rings is 2. The second kappa shape index (κ2) is 33.8. The van der Waals surface area contributed by atoms with Crippen molar-refractivity contribution < 1.29 is 123 Å². The van der Waals surface area contributed by atoms with Crippen LogP contribution in [0.25, 0.3) is 10.9 Å². The molecule has 30 heteroatoms. The molecule has 0 aliphatic rings. The van der Waals surface area contributed by atoms with Crippen LogP contribution in [0.1, 0.15) is 106 Å². The number of carboxylic acid groups (broad SMARTS) is 1. The summed E-state index contributed by atoms with van der Waals surface area (Å²) in [4.78, 5) is 124. The number of aliphatic carboxylic acids is 1. The molecule has 3 amide bonds. The molecule has 0 spiro atoms. The van der Waals surface area contributed by atoms with Crippen LogP contribution in [0.5, 0.6) is 5.75 Å². The molecule has 0 radical (unpaired) electrons. The second-order valence-corrected chi connectivity index (χ2v) is 21.9. The molecule has 0 fully saturated rings. The largest absolute Gasteiger partial charge is 1.00 e. The number of aromatic nitrogens is 3. The summed E-state index contributed by atoms with van der Waals surface area (Å²) in [6, 6.07) is 7.89. The number of rotatable bonds is 33. The van der Waals surface area contributed by atoms with E-state index in [1.165, 1.54) is 46.0 Å². The molecule has 0 bridgehead atoms. The van der Waals surface area contributed by atoms with Gasteiger partial charge in [-0.1, -0.05) is 6.07 Å². The van der Waals surface area contributed by atoms with Crippen molar-refractivity contribution >= 4 is 75.8 Å². The Balaban J connectivity index is 0.000000822. The molecule has 0 aliphatic carbocycles. The number of nitrogens with one attached hydrogen (secondary N) is 4. The Morgan fingerprint density at radius 1 is 0.840 bits per heavy atom. The average Bonchev–Trinajstić information content (AvgIpc) is 3.89. The first-order valence-electron chi connectivity index (χ1n) is 25.1. The number of pyridine rings is 1. The van der Waals surface area contributed by atoms with Crippen molar-refractivity contribution in [3.05, 3.63) is 87.2 Å². The third-order valence-electron chi connectivity index (χ3n) is 11.2. The maximum atomic E-state index is 13.6. The number of hydrogen-bond donors (Lipinski definition) is 7. The van der Waals surface area contributed by atoms with E-state index in [9.17, 15) is 71.0 Å². The maximum absolute atomic E-state index is 13.6. The van der Waals surface area contributed by atoms with Gasteiger partial charge in [0.15, 0.2) is 12.2 Å². The smallest absolute Gasteiger partial charge is 0.756 e. The number of aryl methyl sites for hydroxylation is 5. The predicted octanol–water partition coefficient (Wildman–Crippen LogP) is 0.110. The minimum absolute atomic E-state index is 0. The number of imidazole rings is 1. The molecule has 0 aliphatic heterocycles. The Hall–Kier alpha value is -6.04. The first kappa shape index (κ1) is 71.1. The van der Waals surface area contributed by atoms with Gasteiger partial charge >= 0.3 is 47.5 Å². The maximum Gasteiger partial charge on any atom is 1.00 e. The Morgan fingerprint density at radius 3 is 2.12 bits per heavy atom. The number of Topliss-reactive ketones (excluding diaryl/α,β-unsaturated/α-hetero) is 2. The molecule has 2 heterocycles. The topological polar surface area (TPSA) is 397 Å². The van der Waals surface area contributed by atoms with Crippen molar-refractivity contribution in [1.82, 2.24) is 30.5 Å². The van der Waals surface area contributed by atoms with Gasteiger partial charge in [-0.25, -0.2) is 9.78 Å². The zero-order valence-electron chi connectivity index (χ0n) is 46.5. The number of phosphoric ester groups is 1. The number of hydrogen-bond acceptors (Lipinski definition) is 19. The molecule has 0 saturated carbocycles. The van der Waals surface area contributed by atoms with Crippen LogP contribution in [0.15, 0.2) is 58.6 Å². The molecular weight excluding hydrogens is 1120 g/mol. The Morgan fingerprint density at radius 2 is 1.52 bits per heavy atom. The molecule has 1 unspecified atom stereocenters. The van der Waals surface area contributed by atoms with Crippen LogP contribution in [0.4, 0.5) is 0 Å². The SMILES string of the molecule is CC(=O)CCCC(=O)CCCNC(=O)CCCOc1cc(C)c(S(=O)(O)(O)O[C@@H](CNC(=O)c2cn(C)c3cc(CCc4ncc[nH]4)ccc3c2=O)C(=O)O)c(C)c1.CC(=O)NCCOP(=O)([O-])OC[C@@H](COC(C)=O)OC(C)=O.[Na+]. The number of ether oxygens (including phenoxy) is 3. The average molecular weight is 1190 g/mol. The van der Waals surface area contributed by atoms with Gasteiger partial charge in [-0.05, 0) is 87.4 Å². The summed E-state index contributed by atoms with van der Waals surface area (Å²) < 4.78 is 77.7. The Bertz CT molecular complexity index is 3000. The molecule has 0 saturated heterocycles. The summed E-state index contributed by atoms with van der Waals surface area (Å²) in [6.45, 7) is 6.11. The van der Waals surface area contributed by atoms with Gasteiger partial charge in [0.1, 0.15) is 35.3 Å². The number of amides is 3. The number of H-pyrrole nitrogens is 1. The van der Waals surface area contributed by atoms with E-state index in [2.05, 4.69) is 39.7 Å². The van der Waals surface area contributed by atoms with Crippen LogP contribution >= 0.6 is 7.82 Å². The molecule has 2 aromatic heterocycles. The number of phosphoric acid groups is 1. The van der Waals surface area contributed by atoms with Crippen molar-refractivity contribution in [2.45, 2.75) is 116 Å². The number of esters is 2. The zero-order valence-corrected chi connectivity index (χ0v) is 50.2. The van der Waals surface area contributed by atoms with Gasteiger partial charge in [-0.3, -0.25) is 51.4 Å². The summed E-state index contributed by atoms with van der Waals surface area (Å²) in [5, 5.41) is 17.5. The van der Waals surface area contributed by atoms with E-state index in [1.54, 1.807) is 36.1 Å². The molecule has 2 aromatic carbocycles. The summed E-state index contributed by atoms with van der Waals surface area (Å²) in [7, 11) is -9.31. The molecule has 4 rings (SSSR count). The van der Waals surface area contributed by atoms with Crippen LogP contribution < -0.4 is 60.6 Å². The number of carboxylic acids is 1. The van der Waals surface area contributed by atoms with Crippen molar-refractivity contribution in [2.24, 2.45) is 7.05 Å². The van der Waals surface area contributed by atoms with Gasteiger partial charge in [0.25, 0.3) is 13.7 Å². The van der Waals surface area contributed by atoms with E-state index in [-0.39, 0.29) is 114 Å². The quantitative estimate of drug-likeness (QED) is 0.0144. The summed E-state index contributed by atoms with van der Waals surface area (Å²) in [5.74, 6) is -3.46. The monoisotopic (exact) mass is 1190 g/mol. The molecule has 4 aromatic rings. The predicted molar refractivity (Wildman–Crippen MR) is 285 cm³/mol. The molecule has 3 atom stereocenters. The van der Waals surface area contributed by atoms with E-state index in [4.69, 9.17) is 13.7 Å². The van der Waals surface area contributed by atoms with Crippen LogP contribution in [0.2, 0.25) is 0 Å². The van der Waals surface area contributed by atoms with Gasteiger partial charge in [-0.15, -0.1) is 0 Å². The third kappa shape index (κ3) is 26.2. The number of carbonyl (C=O) groups excluding carboxylic acids is 7. The zero-order chi connectivity index (χ0) is 59.8. The molecule has 442 valence electrons. The first-order chi connectivity index (χ1) is 37.4. The molecule has 27 nitrogen and oxygen atoms in total. The van der Waals surface area contributed by atoms with Crippen molar-refractivity contribution in [3.8, 4) is 5.75 Å². The molecule has 81 heavy (non-hydrogen) atoms. The standard InChI is InChI=1S/C40H51N5O12S.C11H20NO9P.Na/c1-25-20-30(56-19-7-11-36(48)43-16-6-10-29(47)9-5-8-27(3)46)21-26(2)38(25)58(53,54,55)57-34(40(51)52)23-44-39(50)32-24-45(4)33-22-28(12-14-31(33)37(32)49)13-15-35-41-17-18-42-35;1-8(13)12-4-5-19-22(16,17)20-7-11(21-10(3)15)6-18-9(2)14;/h12,14,17-18,20-22,24,34H,5-11,13,15-16,19,23H2,1-4H3,(H,41,42)(H,43,48)(H,44,50)(H,51,52)(H2,53,54,55);11H,4-7H2,1-3H3,(H,12,13)(H,16,17);/q;;+1/p-1/t34-;11-;/m01./s1. The number of nitrogens with zero attached hydrogens (tertiary/aromatic N) is 2. The van der Waals surface area contributed by atoms with Crippen molar-refractivity contribution in [3.63, 3.8) is 0 Å². The van der Waals surface area contributed by atoms with Crippen molar-refractivity contribution in [2.75, 3.05) is 46.1 Å². The number of fused-ring (bicyclic) bond motifs is 1. The number of ketones is 2. The van der Waals surface area contributed by atoms with Crippen LogP contribution in [-0.2, 0) is 90.6 Å². The fourth-order valence-corrected chi connectivity index (χ4v) is 10.3. The summed E-state index contributed by atoms with van der Waals surface area (Å²) in [6.07, 6.45) is 5.18. The summed E-state index contributed by atoms with van der Waals surface area (Å²) in [5.41, 5.74) is 0.644. The minimum atomic E-state index is -6.33. The van der Waals surface area contributed by atoms with E-state index < -0.39 is 77.2 Å². The van der Waals surface area contributed by atoms with E-state index >= 15 is 0 Å². The number of aromatic amines is 1.